The van der Waals surface area contributed by atoms with Crippen LogP contribution in [0.5, 0.6) is 5.75 Å². The predicted octanol–water partition coefficient (Wildman–Crippen LogP) is 4.42. The molecule has 0 fully saturated rings. The van der Waals surface area contributed by atoms with Crippen molar-refractivity contribution >= 4 is 40.0 Å². The van der Waals surface area contributed by atoms with Crippen LogP contribution in [0, 0.1) is 5.82 Å². The first-order chi connectivity index (χ1) is 13.1. The van der Waals surface area contributed by atoms with E-state index in [2.05, 4.69) is 15.5 Å². The van der Waals surface area contributed by atoms with Crippen molar-refractivity contribution in [2.75, 3.05) is 17.4 Å². The highest BCUT2D eigenvalue weighted by molar-refractivity contribution is 7.14. The Morgan fingerprint density at radius 3 is 2.56 bits per heavy atom. The van der Waals surface area contributed by atoms with Crippen LogP contribution in [0.15, 0.2) is 59.0 Å². The molecule has 1 aromatic heterocycles. The maximum atomic E-state index is 12.9. The fourth-order valence-corrected chi connectivity index (χ4v) is 3.13. The number of hydrogen-bond acceptors (Lipinski definition) is 6. The second-order valence-electron chi connectivity index (χ2n) is 5.48. The number of rotatable bonds is 6. The van der Waals surface area contributed by atoms with Gasteiger partial charge in [0.2, 0.25) is 5.91 Å². The van der Waals surface area contributed by atoms with Gasteiger partial charge in [0.1, 0.15) is 11.6 Å². The Morgan fingerprint density at radius 2 is 1.93 bits per heavy atom. The molecule has 0 unspecified atom stereocenters. The first-order valence-corrected chi connectivity index (χ1v) is 8.89. The van der Waals surface area contributed by atoms with E-state index in [1.54, 1.807) is 48.9 Å². The Kier molecular flexibility index (Phi) is 5.77. The average Bonchev–Trinajstić information content (AvgIpc) is 3.12. The molecule has 0 saturated heterocycles. The van der Waals surface area contributed by atoms with Crippen molar-refractivity contribution < 1.29 is 13.9 Å². The highest BCUT2D eigenvalue weighted by Gasteiger charge is 2.17. The monoisotopic (exact) mass is 384 g/mol. The minimum atomic E-state index is -0.309. The van der Waals surface area contributed by atoms with Crippen LogP contribution in [0.1, 0.15) is 12.6 Å². The molecule has 1 amide bonds. The number of methoxy groups -OCH3 is 1. The molecule has 1 heterocycles. The molecule has 3 rings (SSSR count). The molecule has 0 radical (unpaired) electrons. The molecular formula is C19H17FN4O2S. The quantitative estimate of drug-likeness (QED) is 0.505. The van der Waals surface area contributed by atoms with Gasteiger partial charge in [-0.25, -0.2) is 9.37 Å². The van der Waals surface area contributed by atoms with Crippen molar-refractivity contribution in [2.45, 2.75) is 6.92 Å². The summed E-state index contributed by atoms with van der Waals surface area (Å²) in [4.78, 5) is 18.1. The van der Waals surface area contributed by atoms with Gasteiger partial charge in [0.15, 0.2) is 5.13 Å². The third kappa shape index (κ3) is 4.68. The Balaban J connectivity index is 1.74. The molecule has 8 heteroatoms. The highest BCUT2D eigenvalue weighted by Crippen LogP contribution is 2.29. The molecule has 138 valence electrons. The minimum Gasteiger partial charge on any atom is -0.497 e. The number of carbonyl (C=O) groups excluding carboxylic acids is 1. The minimum absolute atomic E-state index is 0.151. The van der Waals surface area contributed by atoms with Crippen molar-refractivity contribution in [3.05, 3.63) is 65.4 Å². The Labute approximate surface area is 159 Å². The van der Waals surface area contributed by atoms with Crippen molar-refractivity contribution in [2.24, 2.45) is 5.10 Å². The second kappa shape index (κ2) is 8.41. The number of carbonyl (C=O) groups is 1. The zero-order valence-corrected chi connectivity index (χ0v) is 15.5. The number of aromatic nitrogens is 1. The molecular weight excluding hydrogens is 367 g/mol. The van der Waals surface area contributed by atoms with E-state index in [9.17, 15) is 9.18 Å². The van der Waals surface area contributed by atoms with Crippen LogP contribution in [0.3, 0.4) is 0 Å². The zero-order valence-electron chi connectivity index (χ0n) is 14.7. The molecule has 0 bridgehead atoms. The second-order valence-corrected chi connectivity index (χ2v) is 6.32. The van der Waals surface area contributed by atoms with E-state index >= 15 is 0 Å². The topological polar surface area (TPSA) is 66.8 Å². The van der Waals surface area contributed by atoms with Gasteiger partial charge in [-0.05, 0) is 48.5 Å². The Bertz CT molecular complexity index is 939. The number of nitrogens with one attached hydrogen (secondary N) is 1. The summed E-state index contributed by atoms with van der Waals surface area (Å²) < 4.78 is 18.0. The van der Waals surface area contributed by atoms with E-state index in [4.69, 9.17) is 4.74 Å². The summed E-state index contributed by atoms with van der Waals surface area (Å²) in [7, 11) is 1.59. The number of amides is 1. The van der Waals surface area contributed by atoms with E-state index < -0.39 is 0 Å². The molecule has 0 aliphatic heterocycles. The lowest BCUT2D eigenvalue weighted by Crippen LogP contribution is -2.22. The maximum Gasteiger partial charge on any atom is 0.230 e. The lowest BCUT2D eigenvalue weighted by Gasteiger charge is -2.18. The van der Waals surface area contributed by atoms with Crippen LogP contribution in [0.25, 0.3) is 0 Å². The van der Waals surface area contributed by atoms with Crippen LogP contribution in [0.4, 0.5) is 20.9 Å². The first kappa shape index (κ1) is 18.5. The lowest BCUT2D eigenvalue weighted by atomic mass is 10.3. The number of ether oxygens (including phenoxy) is 1. The van der Waals surface area contributed by atoms with E-state index in [1.165, 1.54) is 41.5 Å². The van der Waals surface area contributed by atoms with E-state index in [-0.39, 0.29) is 11.7 Å². The van der Waals surface area contributed by atoms with Gasteiger partial charge in [-0.1, -0.05) is 0 Å². The summed E-state index contributed by atoms with van der Waals surface area (Å²) in [6.07, 6.45) is 1.54. The average molecular weight is 384 g/mol. The number of thiazole rings is 1. The molecule has 0 atom stereocenters. The molecule has 0 spiro atoms. The van der Waals surface area contributed by atoms with Crippen LogP contribution in [-0.4, -0.2) is 24.2 Å². The van der Waals surface area contributed by atoms with Crippen LogP contribution in [0.2, 0.25) is 0 Å². The molecule has 6 nitrogen and oxygen atoms in total. The summed E-state index contributed by atoms with van der Waals surface area (Å²) in [5.74, 6) is 0.250. The van der Waals surface area contributed by atoms with Crippen molar-refractivity contribution in [1.82, 2.24) is 4.98 Å². The normalized spacial score (nSPS) is 10.8. The zero-order chi connectivity index (χ0) is 19.2. The summed E-state index contributed by atoms with van der Waals surface area (Å²) in [6.45, 7) is 1.48. The van der Waals surface area contributed by atoms with Gasteiger partial charge < -0.3 is 4.74 Å². The molecule has 1 N–H and O–H groups in total. The molecule has 27 heavy (non-hydrogen) atoms. The van der Waals surface area contributed by atoms with Crippen LogP contribution < -0.4 is 15.1 Å². The number of hydrazone groups is 1. The van der Waals surface area contributed by atoms with Crippen molar-refractivity contribution in [1.29, 1.82) is 0 Å². The van der Waals surface area contributed by atoms with Crippen LogP contribution >= 0.6 is 11.3 Å². The summed E-state index contributed by atoms with van der Waals surface area (Å²) >= 11 is 1.33. The molecule has 0 aliphatic carbocycles. The summed E-state index contributed by atoms with van der Waals surface area (Å²) in [5.41, 5.74) is 4.76. The van der Waals surface area contributed by atoms with Gasteiger partial charge in [-0.15, -0.1) is 11.3 Å². The number of halogens is 1. The standard InChI is InChI=1S/C19H17FN4O2S/c1-13(25)24(17-7-9-18(26-2)10-8-17)19-22-16(12-27-19)11-21-23-15-5-3-14(20)4-6-15/h3-12,23H,1-2H3/b21-11-. The van der Waals surface area contributed by atoms with Crippen LogP contribution in [-0.2, 0) is 4.79 Å². The molecule has 2 aromatic carbocycles. The van der Waals surface area contributed by atoms with E-state index in [1.807, 2.05) is 0 Å². The molecule has 0 aliphatic rings. The van der Waals surface area contributed by atoms with Crippen molar-refractivity contribution in [3.8, 4) is 5.75 Å². The predicted molar refractivity (Wildman–Crippen MR) is 106 cm³/mol. The third-order valence-corrected chi connectivity index (χ3v) is 4.43. The highest BCUT2D eigenvalue weighted by atomic mass is 32.1. The fourth-order valence-electron chi connectivity index (χ4n) is 2.29. The number of anilines is 3. The number of benzene rings is 2. The SMILES string of the molecule is COc1ccc(N(C(C)=O)c2nc(/C=N\Nc3ccc(F)cc3)cs2)cc1. The summed E-state index contributed by atoms with van der Waals surface area (Å²) in [6, 6.07) is 13.0. The van der Waals surface area contributed by atoms with Gasteiger partial charge in [0.05, 0.1) is 30.4 Å². The molecule has 3 aromatic rings. The third-order valence-electron chi connectivity index (χ3n) is 3.58. The Morgan fingerprint density at radius 1 is 1.22 bits per heavy atom. The fraction of sp³-hybridized carbons (Fsp3) is 0.105. The van der Waals surface area contributed by atoms with Crippen molar-refractivity contribution in [3.63, 3.8) is 0 Å². The lowest BCUT2D eigenvalue weighted by molar-refractivity contribution is -0.115. The largest absolute Gasteiger partial charge is 0.497 e. The molecule has 0 saturated carbocycles. The van der Waals surface area contributed by atoms with E-state index in [0.29, 0.717) is 27.9 Å². The number of nitrogens with zero attached hydrogens (tertiary/aromatic N) is 3. The number of hydrogen-bond donors (Lipinski definition) is 1. The first-order valence-electron chi connectivity index (χ1n) is 8.02. The van der Waals surface area contributed by atoms with Gasteiger partial charge in [0.25, 0.3) is 0 Å². The summed E-state index contributed by atoms with van der Waals surface area (Å²) in [5, 5.41) is 6.42. The smallest absolute Gasteiger partial charge is 0.230 e. The van der Waals surface area contributed by atoms with E-state index in [0.717, 1.165) is 0 Å². The van der Waals surface area contributed by atoms with Gasteiger partial charge in [-0.2, -0.15) is 5.10 Å². The Hall–Kier alpha value is -3.26. The van der Waals surface area contributed by atoms with Gasteiger partial charge in [0, 0.05) is 12.3 Å². The maximum absolute atomic E-state index is 12.9. The van der Waals surface area contributed by atoms with Gasteiger partial charge in [-0.3, -0.25) is 15.1 Å². The van der Waals surface area contributed by atoms with Gasteiger partial charge >= 0.3 is 0 Å².